The molecular weight excluding hydrogens is 460 g/mol. The highest BCUT2D eigenvalue weighted by Gasteiger charge is 2.28. The maximum atomic E-state index is 11.3. The largest absolute Gasteiger partial charge is 0.439 e. The van der Waals surface area contributed by atoms with E-state index in [1.807, 2.05) is 17.7 Å². The van der Waals surface area contributed by atoms with E-state index in [-0.39, 0.29) is 17.4 Å². The molecule has 11 nitrogen and oxygen atoms in total. The summed E-state index contributed by atoms with van der Waals surface area (Å²) in [6, 6.07) is 9.26. The molecular formula is C25H30N8O3. The summed E-state index contributed by atoms with van der Waals surface area (Å²) in [5.41, 5.74) is 2.46. The van der Waals surface area contributed by atoms with Crippen LogP contribution < -0.4 is 15.4 Å². The topological polar surface area (TPSA) is 121 Å². The minimum atomic E-state index is -0.204. The number of anilines is 3. The number of hydrogen-bond acceptors (Lipinski definition) is 8. The van der Waals surface area contributed by atoms with Crippen LogP contribution >= 0.6 is 0 Å². The minimum absolute atomic E-state index is 0.0670. The second-order valence-electron chi connectivity index (χ2n) is 9.90. The van der Waals surface area contributed by atoms with Crippen molar-refractivity contribution in [3.63, 3.8) is 0 Å². The molecule has 36 heavy (non-hydrogen) atoms. The standard InChI is InChI=1S/C25H30N8O3/c1-15(34)27-20-12-17(8-10-26-20)36-22-7-6-18-23(30-22)32(5)24(28-18)29-21-13-19(25(2,3)4)33(31-21)16-9-11-35-14-16/h6-8,10,12-13,16H,9,11,14H2,1-5H3,(H,26,27,34)(H,28,29,31). The first-order valence-corrected chi connectivity index (χ1v) is 11.9. The zero-order valence-corrected chi connectivity index (χ0v) is 21.1. The third-order valence-electron chi connectivity index (χ3n) is 5.94. The highest BCUT2D eigenvalue weighted by molar-refractivity contribution is 5.87. The lowest BCUT2D eigenvalue weighted by atomic mass is 9.91. The molecule has 1 saturated heterocycles. The molecule has 0 aliphatic carbocycles. The Morgan fingerprint density at radius 3 is 2.72 bits per heavy atom. The Morgan fingerprint density at radius 1 is 1.17 bits per heavy atom. The van der Waals surface area contributed by atoms with Gasteiger partial charge in [0.25, 0.3) is 0 Å². The lowest BCUT2D eigenvalue weighted by molar-refractivity contribution is -0.114. The monoisotopic (exact) mass is 490 g/mol. The van der Waals surface area contributed by atoms with Crippen LogP contribution in [0.1, 0.15) is 45.9 Å². The summed E-state index contributed by atoms with van der Waals surface area (Å²) in [6.45, 7) is 9.41. The van der Waals surface area contributed by atoms with Gasteiger partial charge in [-0.05, 0) is 18.6 Å². The summed E-state index contributed by atoms with van der Waals surface area (Å²) in [6.07, 6.45) is 2.51. The fourth-order valence-electron chi connectivity index (χ4n) is 4.18. The van der Waals surface area contributed by atoms with Crippen LogP contribution in [0.25, 0.3) is 11.2 Å². The van der Waals surface area contributed by atoms with Crippen LogP contribution in [-0.2, 0) is 22.0 Å². The summed E-state index contributed by atoms with van der Waals surface area (Å²) < 4.78 is 15.5. The summed E-state index contributed by atoms with van der Waals surface area (Å²) in [7, 11) is 1.89. The summed E-state index contributed by atoms with van der Waals surface area (Å²) in [5, 5.41) is 10.9. The van der Waals surface area contributed by atoms with Crippen LogP contribution in [0.5, 0.6) is 11.6 Å². The maximum Gasteiger partial charge on any atom is 0.222 e. The molecule has 4 aromatic heterocycles. The summed E-state index contributed by atoms with van der Waals surface area (Å²) >= 11 is 0. The summed E-state index contributed by atoms with van der Waals surface area (Å²) in [4.78, 5) is 24.8. The number of carbonyl (C=O) groups excluding carboxylic acids is 1. The van der Waals surface area contributed by atoms with Gasteiger partial charge in [0, 0.05) is 56.1 Å². The smallest absolute Gasteiger partial charge is 0.222 e. The zero-order valence-electron chi connectivity index (χ0n) is 21.1. The van der Waals surface area contributed by atoms with Crippen molar-refractivity contribution < 1.29 is 14.3 Å². The van der Waals surface area contributed by atoms with Crippen molar-refractivity contribution in [2.75, 3.05) is 23.8 Å². The van der Waals surface area contributed by atoms with Gasteiger partial charge in [-0.3, -0.25) is 14.0 Å². The zero-order chi connectivity index (χ0) is 25.4. The predicted molar refractivity (Wildman–Crippen MR) is 136 cm³/mol. The van der Waals surface area contributed by atoms with Gasteiger partial charge in [0.15, 0.2) is 11.5 Å². The Kier molecular flexibility index (Phi) is 6.09. The third-order valence-corrected chi connectivity index (χ3v) is 5.94. The predicted octanol–water partition coefficient (Wildman–Crippen LogP) is 4.31. The highest BCUT2D eigenvalue weighted by Crippen LogP contribution is 2.32. The van der Waals surface area contributed by atoms with Crippen LogP contribution in [0.4, 0.5) is 17.6 Å². The van der Waals surface area contributed by atoms with E-state index in [2.05, 4.69) is 52.1 Å². The van der Waals surface area contributed by atoms with Crippen molar-refractivity contribution in [3.8, 4) is 11.6 Å². The molecule has 188 valence electrons. The van der Waals surface area contributed by atoms with Crippen LogP contribution in [0.2, 0.25) is 0 Å². The number of rotatable bonds is 6. The molecule has 1 unspecified atom stereocenters. The van der Waals surface area contributed by atoms with E-state index in [0.717, 1.165) is 30.1 Å². The van der Waals surface area contributed by atoms with E-state index in [1.54, 1.807) is 24.4 Å². The molecule has 0 spiro atoms. The second-order valence-corrected chi connectivity index (χ2v) is 9.90. The number of aryl methyl sites for hydroxylation is 1. The maximum absolute atomic E-state index is 11.3. The minimum Gasteiger partial charge on any atom is -0.439 e. The first-order chi connectivity index (χ1) is 17.2. The fourth-order valence-corrected chi connectivity index (χ4v) is 4.18. The first kappa shape index (κ1) is 23.7. The van der Waals surface area contributed by atoms with Crippen molar-refractivity contribution in [1.82, 2.24) is 29.3 Å². The van der Waals surface area contributed by atoms with E-state index in [4.69, 9.17) is 19.6 Å². The van der Waals surface area contributed by atoms with Crippen LogP contribution in [0, 0.1) is 0 Å². The number of hydrogen-bond donors (Lipinski definition) is 2. The van der Waals surface area contributed by atoms with E-state index in [1.165, 1.54) is 6.92 Å². The number of aromatic nitrogens is 6. The number of ether oxygens (including phenoxy) is 2. The number of nitrogens with one attached hydrogen (secondary N) is 2. The van der Waals surface area contributed by atoms with E-state index < -0.39 is 0 Å². The Labute approximate surface area is 208 Å². The van der Waals surface area contributed by atoms with Gasteiger partial charge in [-0.25, -0.2) is 9.97 Å². The second kappa shape index (κ2) is 9.23. The molecule has 5 heterocycles. The van der Waals surface area contributed by atoms with Crippen molar-refractivity contribution in [3.05, 3.63) is 42.2 Å². The Bertz CT molecular complexity index is 1410. The molecule has 1 atom stereocenters. The van der Waals surface area contributed by atoms with Gasteiger partial charge in [0.2, 0.25) is 17.7 Å². The van der Waals surface area contributed by atoms with Crippen molar-refractivity contribution >= 4 is 34.7 Å². The lowest BCUT2D eigenvalue weighted by Crippen LogP contribution is -2.22. The van der Waals surface area contributed by atoms with Gasteiger partial charge in [-0.2, -0.15) is 10.1 Å². The molecule has 5 rings (SSSR count). The van der Waals surface area contributed by atoms with E-state index in [9.17, 15) is 4.79 Å². The molecule has 11 heteroatoms. The van der Waals surface area contributed by atoms with Gasteiger partial charge in [0.1, 0.15) is 17.1 Å². The van der Waals surface area contributed by atoms with Crippen molar-refractivity contribution in [2.45, 2.75) is 45.6 Å². The highest BCUT2D eigenvalue weighted by atomic mass is 16.5. The molecule has 0 radical (unpaired) electrons. The third kappa shape index (κ3) is 4.87. The molecule has 1 amide bonds. The normalized spacial score (nSPS) is 15.9. The van der Waals surface area contributed by atoms with Gasteiger partial charge in [0.05, 0.1) is 12.6 Å². The molecule has 0 bridgehead atoms. The molecule has 1 aliphatic rings. The van der Waals surface area contributed by atoms with Crippen LogP contribution in [0.15, 0.2) is 36.5 Å². The Hall–Kier alpha value is -3.99. The van der Waals surface area contributed by atoms with Gasteiger partial charge < -0.3 is 20.1 Å². The molecule has 4 aromatic rings. The van der Waals surface area contributed by atoms with Gasteiger partial charge in [-0.15, -0.1) is 0 Å². The number of carbonyl (C=O) groups is 1. The first-order valence-electron chi connectivity index (χ1n) is 11.9. The SMILES string of the molecule is CC(=O)Nc1cc(Oc2ccc3nc(Nc4cc(C(C)(C)C)n(C5CCOC5)n4)n(C)c3n2)ccn1. The Morgan fingerprint density at radius 2 is 2.00 bits per heavy atom. The van der Waals surface area contributed by atoms with Gasteiger partial charge in [-0.1, -0.05) is 20.8 Å². The molecule has 1 fully saturated rings. The quantitative estimate of drug-likeness (QED) is 0.410. The number of pyridine rings is 2. The number of amides is 1. The van der Waals surface area contributed by atoms with E-state index >= 15 is 0 Å². The molecule has 0 saturated carbocycles. The van der Waals surface area contributed by atoms with Crippen molar-refractivity contribution in [1.29, 1.82) is 0 Å². The van der Waals surface area contributed by atoms with Crippen LogP contribution in [0.3, 0.4) is 0 Å². The number of imidazole rings is 1. The van der Waals surface area contributed by atoms with Crippen molar-refractivity contribution in [2.24, 2.45) is 7.05 Å². The molecule has 2 N–H and O–H groups in total. The average Bonchev–Trinajstić information content (AvgIpc) is 3.54. The Balaban J connectivity index is 1.40. The lowest BCUT2D eigenvalue weighted by Gasteiger charge is -2.22. The number of nitrogens with zero attached hydrogens (tertiary/aromatic N) is 6. The average molecular weight is 491 g/mol. The van der Waals surface area contributed by atoms with Crippen LogP contribution in [-0.4, -0.2) is 48.4 Å². The van der Waals surface area contributed by atoms with Gasteiger partial charge >= 0.3 is 0 Å². The summed E-state index contributed by atoms with van der Waals surface area (Å²) in [5.74, 6) is 2.47. The van der Waals surface area contributed by atoms with E-state index in [0.29, 0.717) is 35.6 Å². The molecule has 1 aliphatic heterocycles. The molecule has 0 aromatic carbocycles. The fraction of sp³-hybridized carbons (Fsp3) is 0.400. The number of fused-ring (bicyclic) bond motifs is 1.